The molecule has 2 heterocycles. The number of anilines is 3. The molecular weight excluding hydrogens is 524 g/mol. The molecule has 0 radical (unpaired) electrons. The van der Waals surface area contributed by atoms with Crippen molar-refractivity contribution in [1.29, 1.82) is 0 Å². The monoisotopic (exact) mass is 564 g/mol. The molecule has 1 atom stereocenters. The predicted molar refractivity (Wildman–Crippen MR) is 168 cm³/mol. The number of carbonyl (C=O) groups excluding carboxylic acids is 2. The molecule has 6 rings (SSSR count). The maximum absolute atomic E-state index is 14.0. The molecule has 3 aliphatic rings. The van der Waals surface area contributed by atoms with E-state index in [0.29, 0.717) is 19.5 Å². The van der Waals surface area contributed by atoms with E-state index in [1.54, 1.807) is 7.11 Å². The van der Waals surface area contributed by atoms with Crippen LogP contribution >= 0.6 is 0 Å². The van der Waals surface area contributed by atoms with E-state index >= 15 is 0 Å². The summed E-state index contributed by atoms with van der Waals surface area (Å²) in [5.41, 5.74) is 6.81. The molecule has 1 saturated heterocycles. The number of hydrogen-bond acceptors (Lipinski definition) is 6. The van der Waals surface area contributed by atoms with Gasteiger partial charge in [0.1, 0.15) is 5.75 Å². The Labute approximate surface area is 248 Å². The molecule has 1 fully saturated rings. The molecule has 7 nitrogen and oxygen atoms in total. The van der Waals surface area contributed by atoms with Crippen LogP contribution in [-0.2, 0) is 9.59 Å². The topological polar surface area (TPSA) is 65.1 Å². The zero-order valence-corrected chi connectivity index (χ0v) is 25.0. The van der Waals surface area contributed by atoms with Crippen LogP contribution in [0.1, 0.15) is 43.9 Å². The summed E-state index contributed by atoms with van der Waals surface area (Å²) in [4.78, 5) is 34.4. The number of piperazine rings is 1. The third-order valence-corrected chi connectivity index (χ3v) is 8.77. The smallest absolute Gasteiger partial charge is 0.242 e. The summed E-state index contributed by atoms with van der Waals surface area (Å²) in [5.74, 6) is 1.06. The van der Waals surface area contributed by atoms with Crippen LogP contribution < -0.4 is 19.9 Å². The Hall–Kier alpha value is -4.26. The Morgan fingerprint density at radius 1 is 0.929 bits per heavy atom. The number of para-hydroxylation sites is 2. The van der Waals surface area contributed by atoms with Crippen molar-refractivity contribution >= 4 is 28.8 Å². The number of fused-ring (bicyclic) bond motifs is 1. The van der Waals surface area contributed by atoms with Crippen LogP contribution in [-0.4, -0.2) is 56.4 Å². The molecule has 0 aromatic heterocycles. The number of ether oxygens (including phenoxy) is 1. The first-order valence-corrected chi connectivity index (χ1v) is 14.8. The van der Waals surface area contributed by atoms with Crippen molar-refractivity contribution in [1.82, 2.24) is 4.90 Å². The minimum atomic E-state index is -0.357. The van der Waals surface area contributed by atoms with E-state index in [4.69, 9.17) is 4.74 Å². The van der Waals surface area contributed by atoms with Gasteiger partial charge in [0, 0.05) is 49.6 Å². The zero-order chi connectivity index (χ0) is 29.4. The van der Waals surface area contributed by atoms with Gasteiger partial charge >= 0.3 is 0 Å². The van der Waals surface area contributed by atoms with Crippen molar-refractivity contribution in [3.8, 4) is 5.75 Å². The van der Waals surface area contributed by atoms with Crippen LogP contribution in [0.2, 0.25) is 0 Å². The molecule has 1 N–H and O–H groups in total. The summed E-state index contributed by atoms with van der Waals surface area (Å²) in [5, 5.41) is 3.65. The molecule has 42 heavy (non-hydrogen) atoms. The number of methoxy groups -OCH3 is 1. The summed E-state index contributed by atoms with van der Waals surface area (Å²) in [6.07, 6.45) is 1.27. The Bertz CT molecular complexity index is 1500. The number of carbonyl (C=O) groups is 2. The Balaban J connectivity index is 1.32. The first-order chi connectivity index (χ1) is 20.2. The summed E-state index contributed by atoms with van der Waals surface area (Å²) in [7, 11) is 1.67. The molecule has 1 unspecified atom stereocenters. The SMILES string of the molecule is COc1ccc(N2CCN(C(=O)CN3c4ccccc4NC4=C(C(=O)CC(C)(C)C4)C3c3ccc(C)cc3)CC2)cc1. The van der Waals surface area contributed by atoms with Crippen LogP contribution in [0.5, 0.6) is 5.75 Å². The lowest BCUT2D eigenvalue weighted by Crippen LogP contribution is -2.52. The van der Waals surface area contributed by atoms with Gasteiger partial charge in [0.05, 0.1) is 31.1 Å². The lowest BCUT2D eigenvalue weighted by atomic mass is 9.73. The predicted octanol–water partition coefficient (Wildman–Crippen LogP) is 5.97. The van der Waals surface area contributed by atoms with Gasteiger partial charge in [-0.3, -0.25) is 9.59 Å². The van der Waals surface area contributed by atoms with E-state index in [-0.39, 0.29) is 29.7 Å². The molecule has 218 valence electrons. The molecule has 0 saturated carbocycles. The molecule has 0 spiro atoms. The average Bonchev–Trinajstić information content (AvgIpc) is 3.11. The number of nitrogens with zero attached hydrogens (tertiary/aromatic N) is 3. The summed E-state index contributed by atoms with van der Waals surface area (Å²) in [6.45, 7) is 9.39. The van der Waals surface area contributed by atoms with Crippen molar-refractivity contribution in [2.75, 3.05) is 55.0 Å². The van der Waals surface area contributed by atoms with Crippen LogP contribution in [0, 0.1) is 12.3 Å². The number of hydrogen-bond donors (Lipinski definition) is 1. The fraction of sp³-hybridized carbons (Fsp3) is 0.371. The van der Waals surface area contributed by atoms with Gasteiger partial charge in [-0.2, -0.15) is 0 Å². The average molecular weight is 565 g/mol. The fourth-order valence-corrected chi connectivity index (χ4v) is 6.58. The quantitative estimate of drug-likeness (QED) is 0.412. The molecule has 7 heteroatoms. The minimum Gasteiger partial charge on any atom is -0.497 e. The van der Waals surface area contributed by atoms with Crippen LogP contribution in [0.4, 0.5) is 17.1 Å². The first-order valence-electron chi connectivity index (χ1n) is 14.8. The lowest BCUT2D eigenvalue weighted by Gasteiger charge is -2.40. The molecule has 2 aliphatic heterocycles. The van der Waals surface area contributed by atoms with Gasteiger partial charge < -0.3 is 24.8 Å². The summed E-state index contributed by atoms with van der Waals surface area (Å²) >= 11 is 0. The van der Waals surface area contributed by atoms with E-state index in [9.17, 15) is 9.59 Å². The largest absolute Gasteiger partial charge is 0.497 e. The first kappa shape index (κ1) is 27.9. The van der Waals surface area contributed by atoms with E-state index in [1.165, 1.54) is 0 Å². The lowest BCUT2D eigenvalue weighted by molar-refractivity contribution is -0.130. The Kier molecular flexibility index (Phi) is 7.43. The summed E-state index contributed by atoms with van der Waals surface area (Å²) in [6, 6.07) is 24.2. The third kappa shape index (κ3) is 5.48. The number of benzene rings is 3. The molecule has 1 amide bonds. The second kappa shape index (κ2) is 11.2. The molecule has 3 aromatic rings. The number of rotatable bonds is 5. The second-order valence-electron chi connectivity index (χ2n) is 12.5. The number of allylic oxidation sites excluding steroid dienone is 1. The second-order valence-corrected chi connectivity index (χ2v) is 12.5. The van der Waals surface area contributed by atoms with Gasteiger partial charge in [-0.05, 0) is 60.7 Å². The van der Waals surface area contributed by atoms with Gasteiger partial charge in [0.25, 0.3) is 0 Å². The number of ketones is 1. The van der Waals surface area contributed by atoms with Crippen molar-refractivity contribution in [2.24, 2.45) is 5.41 Å². The Morgan fingerprint density at radius 2 is 1.62 bits per heavy atom. The number of Topliss-reactive ketones (excluding diaryl/α,β-unsaturated/α-hetero) is 1. The molecule has 0 bridgehead atoms. The van der Waals surface area contributed by atoms with Crippen LogP contribution in [0.3, 0.4) is 0 Å². The fourth-order valence-electron chi connectivity index (χ4n) is 6.58. The van der Waals surface area contributed by atoms with E-state index in [0.717, 1.165) is 64.7 Å². The van der Waals surface area contributed by atoms with Crippen LogP contribution in [0.15, 0.2) is 84.1 Å². The highest BCUT2D eigenvalue weighted by Gasteiger charge is 2.42. The van der Waals surface area contributed by atoms with E-state index < -0.39 is 0 Å². The van der Waals surface area contributed by atoms with Crippen LogP contribution in [0.25, 0.3) is 0 Å². The Morgan fingerprint density at radius 3 is 2.31 bits per heavy atom. The van der Waals surface area contributed by atoms with Gasteiger partial charge in [-0.15, -0.1) is 0 Å². The van der Waals surface area contributed by atoms with Gasteiger partial charge in [0.2, 0.25) is 5.91 Å². The summed E-state index contributed by atoms with van der Waals surface area (Å²) < 4.78 is 5.30. The van der Waals surface area contributed by atoms with E-state index in [1.807, 2.05) is 29.2 Å². The highest BCUT2D eigenvalue weighted by molar-refractivity contribution is 6.02. The standard InChI is InChI=1S/C35H40N4O3/c1-24-9-11-25(12-10-24)34-33-29(21-35(2,3)22-31(33)40)36-28-7-5-6-8-30(28)39(34)23-32(41)38-19-17-37(18-20-38)26-13-15-27(42-4)16-14-26/h5-16,34,36H,17-23H2,1-4H3. The molecule has 1 aliphatic carbocycles. The van der Waals surface area contributed by atoms with Crippen molar-refractivity contribution in [3.63, 3.8) is 0 Å². The highest BCUT2D eigenvalue weighted by atomic mass is 16.5. The third-order valence-electron chi connectivity index (χ3n) is 8.77. The highest BCUT2D eigenvalue weighted by Crippen LogP contribution is 2.48. The minimum absolute atomic E-state index is 0.0731. The molecule has 3 aromatic carbocycles. The van der Waals surface area contributed by atoms with Crippen molar-refractivity contribution in [2.45, 2.75) is 39.7 Å². The number of nitrogens with one attached hydrogen (secondary N) is 1. The maximum atomic E-state index is 14.0. The molecular formula is C35H40N4O3. The van der Waals surface area contributed by atoms with Crippen molar-refractivity contribution in [3.05, 3.63) is 95.2 Å². The number of amides is 1. The normalized spacial score (nSPS) is 20.0. The maximum Gasteiger partial charge on any atom is 0.242 e. The van der Waals surface area contributed by atoms with E-state index in [2.05, 4.69) is 84.4 Å². The zero-order valence-electron chi connectivity index (χ0n) is 25.0. The van der Waals surface area contributed by atoms with Gasteiger partial charge in [-0.1, -0.05) is 55.8 Å². The van der Waals surface area contributed by atoms with Crippen molar-refractivity contribution < 1.29 is 14.3 Å². The van der Waals surface area contributed by atoms with Gasteiger partial charge in [0.15, 0.2) is 5.78 Å². The van der Waals surface area contributed by atoms with Gasteiger partial charge in [-0.25, -0.2) is 0 Å². The number of aryl methyl sites for hydroxylation is 1.